The van der Waals surface area contributed by atoms with E-state index in [1.165, 1.54) is 0 Å². The van der Waals surface area contributed by atoms with Crippen molar-refractivity contribution in [3.8, 4) is 5.75 Å². The first kappa shape index (κ1) is 14.6. The van der Waals surface area contributed by atoms with E-state index >= 15 is 0 Å². The van der Waals surface area contributed by atoms with Crippen LogP contribution in [0.4, 0.5) is 15.3 Å². The fraction of sp³-hybridized carbons (Fsp3) is 0.0625. The van der Waals surface area contributed by atoms with Gasteiger partial charge >= 0.3 is 12.1 Å². The number of ether oxygens (including phenoxy) is 1. The molecule has 1 saturated heterocycles. The fourth-order valence-electron chi connectivity index (χ4n) is 2.15. The molecule has 0 saturated carbocycles. The van der Waals surface area contributed by atoms with Crippen molar-refractivity contribution in [2.45, 2.75) is 6.04 Å². The van der Waals surface area contributed by atoms with Gasteiger partial charge in [0.2, 0.25) is 0 Å². The van der Waals surface area contributed by atoms with Crippen molar-refractivity contribution in [1.29, 1.82) is 0 Å². The molecule has 4 amide bonds. The summed E-state index contributed by atoms with van der Waals surface area (Å²) < 4.78 is 5.11. The first-order chi connectivity index (χ1) is 11.1. The molecule has 0 bridgehead atoms. The van der Waals surface area contributed by atoms with Crippen LogP contribution in [-0.2, 0) is 4.79 Å². The number of hydrogen-bond donors (Lipinski definition) is 3. The second-order valence-corrected chi connectivity index (χ2v) is 4.85. The molecule has 3 rings (SSSR count). The highest BCUT2D eigenvalue weighted by Gasteiger charge is 2.30. The van der Waals surface area contributed by atoms with Crippen LogP contribution in [0.1, 0.15) is 11.6 Å². The summed E-state index contributed by atoms with van der Waals surface area (Å²) in [7, 11) is 0. The molecule has 23 heavy (non-hydrogen) atoms. The monoisotopic (exact) mass is 311 g/mol. The zero-order chi connectivity index (χ0) is 16.2. The van der Waals surface area contributed by atoms with Gasteiger partial charge in [-0.25, -0.2) is 9.59 Å². The van der Waals surface area contributed by atoms with Gasteiger partial charge in [0.05, 0.1) is 0 Å². The Labute approximate surface area is 131 Å². The lowest BCUT2D eigenvalue weighted by atomic mass is 10.1. The Bertz CT molecular complexity index is 744. The number of urea groups is 1. The first-order valence-electron chi connectivity index (χ1n) is 6.87. The summed E-state index contributed by atoms with van der Waals surface area (Å²) >= 11 is 0. The predicted molar refractivity (Wildman–Crippen MR) is 81.9 cm³/mol. The van der Waals surface area contributed by atoms with Gasteiger partial charge in [0.25, 0.3) is 5.91 Å². The van der Waals surface area contributed by atoms with Gasteiger partial charge in [-0.05, 0) is 29.8 Å². The summed E-state index contributed by atoms with van der Waals surface area (Å²) in [5, 5.41) is 7.24. The van der Waals surface area contributed by atoms with Crippen LogP contribution >= 0.6 is 0 Å². The van der Waals surface area contributed by atoms with Crippen molar-refractivity contribution in [2.24, 2.45) is 0 Å². The number of benzene rings is 2. The highest BCUT2D eigenvalue weighted by Crippen LogP contribution is 2.19. The Morgan fingerprint density at radius 1 is 1.00 bits per heavy atom. The zero-order valence-electron chi connectivity index (χ0n) is 11.9. The number of nitrogens with one attached hydrogen (secondary N) is 3. The van der Waals surface area contributed by atoms with Crippen LogP contribution in [0, 0.1) is 0 Å². The minimum absolute atomic E-state index is 0.404. The Kier molecular flexibility index (Phi) is 3.92. The number of imide groups is 1. The number of amides is 4. The number of carbonyl (C=O) groups excluding carboxylic acids is 3. The van der Waals surface area contributed by atoms with Crippen LogP contribution in [0.15, 0.2) is 54.6 Å². The summed E-state index contributed by atoms with van der Waals surface area (Å²) in [6, 6.07) is 14.0. The van der Waals surface area contributed by atoms with E-state index in [-0.39, 0.29) is 0 Å². The van der Waals surface area contributed by atoms with Crippen molar-refractivity contribution in [3.63, 3.8) is 0 Å². The average molecular weight is 311 g/mol. The first-order valence-corrected chi connectivity index (χ1v) is 6.87. The molecule has 1 fully saturated rings. The molecule has 0 radical (unpaired) electrons. The molecule has 116 valence electrons. The maximum absolute atomic E-state index is 11.8. The van der Waals surface area contributed by atoms with Gasteiger partial charge in [0, 0.05) is 5.69 Å². The molecule has 7 nitrogen and oxygen atoms in total. The van der Waals surface area contributed by atoms with Gasteiger partial charge in [-0.15, -0.1) is 0 Å². The Balaban J connectivity index is 1.62. The smallest absolute Gasteiger partial charge is 0.410 e. The van der Waals surface area contributed by atoms with Crippen LogP contribution < -0.4 is 20.7 Å². The molecule has 1 unspecified atom stereocenters. The third-order valence-corrected chi connectivity index (χ3v) is 3.22. The van der Waals surface area contributed by atoms with Crippen molar-refractivity contribution in [2.75, 3.05) is 5.32 Å². The normalized spacial score (nSPS) is 16.4. The number of anilines is 1. The van der Waals surface area contributed by atoms with E-state index < -0.39 is 24.1 Å². The number of carbonyl (C=O) groups is 3. The van der Waals surface area contributed by atoms with Gasteiger partial charge in [-0.2, -0.15) is 0 Å². The summed E-state index contributed by atoms with van der Waals surface area (Å²) in [5.74, 6) is 0.0335. The van der Waals surface area contributed by atoms with Crippen molar-refractivity contribution < 1.29 is 19.1 Å². The van der Waals surface area contributed by atoms with E-state index in [4.69, 9.17) is 4.74 Å². The third kappa shape index (κ3) is 3.46. The predicted octanol–water partition coefficient (Wildman–Crippen LogP) is 2.18. The highest BCUT2D eigenvalue weighted by molar-refractivity contribution is 6.04. The van der Waals surface area contributed by atoms with Crippen molar-refractivity contribution in [3.05, 3.63) is 60.2 Å². The molecule has 0 spiro atoms. The lowest BCUT2D eigenvalue weighted by molar-refractivity contribution is -0.120. The molecule has 1 atom stereocenters. The standard InChI is InChI=1S/C16H13N3O4/c20-14-13(18-15(21)19-14)10-6-8-11(9-7-10)17-16(22)23-12-4-2-1-3-5-12/h1-9,13H,(H,17,22)(H2,18,19,20,21). The van der Waals surface area contributed by atoms with E-state index in [0.29, 0.717) is 17.0 Å². The van der Waals surface area contributed by atoms with Gasteiger partial charge < -0.3 is 10.1 Å². The quantitative estimate of drug-likeness (QED) is 0.757. The minimum Gasteiger partial charge on any atom is -0.410 e. The Morgan fingerprint density at radius 3 is 2.30 bits per heavy atom. The van der Waals surface area contributed by atoms with E-state index in [1.54, 1.807) is 48.5 Å². The molecule has 2 aromatic rings. The van der Waals surface area contributed by atoms with Crippen molar-refractivity contribution in [1.82, 2.24) is 10.6 Å². The minimum atomic E-state index is -0.715. The molecule has 1 aliphatic rings. The number of para-hydroxylation sites is 1. The zero-order valence-corrected chi connectivity index (χ0v) is 11.9. The maximum atomic E-state index is 11.8. The van der Waals surface area contributed by atoms with Crippen LogP contribution in [0.3, 0.4) is 0 Å². The fourth-order valence-corrected chi connectivity index (χ4v) is 2.15. The van der Waals surface area contributed by atoms with Crippen molar-refractivity contribution >= 4 is 23.7 Å². The second-order valence-electron chi connectivity index (χ2n) is 4.85. The molecule has 7 heteroatoms. The van der Waals surface area contributed by atoms with Gasteiger partial charge in [0.1, 0.15) is 11.8 Å². The third-order valence-electron chi connectivity index (χ3n) is 3.22. The molecule has 0 aliphatic carbocycles. The highest BCUT2D eigenvalue weighted by atomic mass is 16.6. The summed E-state index contributed by atoms with van der Waals surface area (Å²) in [6.45, 7) is 0. The second kappa shape index (κ2) is 6.18. The molecular formula is C16H13N3O4. The lowest BCUT2D eigenvalue weighted by Crippen LogP contribution is -2.22. The van der Waals surface area contributed by atoms with E-state index in [1.807, 2.05) is 6.07 Å². The van der Waals surface area contributed by atoms with Crippen LogP contribution in [0.25, 0.3) is 0 Å². The van der Waals surface area contributed by atoms with Crippen LogP contribution in [0.2, 0.25) is 0 Å². The summed E-state index contributed by atoms with van der Waals surface area (Å²) in [6.07, 6.45) is -0.615. The van der Waals surface area contributed by atoms with Gasteiger partial charge in [-0.3, -0.25) is 15.4 Å². The molecular weight excluding hydrogens is 298 g/mol. The molecule has 3 N–H and O–H groups in total. The van der Waals surface area contributed by atoms with E-state index in [2.05, 4.69) is 16.0 Å². The van der Waals surface area contributed by atoms with Gasteiger partial charge in [-0.1, -0.05) is 30.3 Å². The maximum Gasteiger partial charge on any atom is 0.417 e. The molecule has 1 heterocycles. The Morgan fingerprint density at radius 2 is 1.70 bits per heavy atom. The topological polar surface area (TPSA) is 96.5 Å². The molecule has 1 aliphatic heterocycles. The Hall–Kier alpha value is -3.35. The number of rotatable bonds is 3. The summed E-state index contributed by atoms with van der Waals surface area (Å²) in [5.41, 5.74) is 1.13. The molecule has 2 aromatic carbocycles. The van der Waals surface area contributed by atoms with E-state index in [0.717, 1.165) is 0 Å². The van der Waals surface area contributed by atoms with Crippen LogP contribution in [-0.4, -0.2) is 18.0 Å². The van der Waals surface area contributed by atoms with E-state index in [9.17, 15) is 14.4 Å². The number of hydrogen-bond acceptors (Lipinski definition) is 4. The largest absolute Gasteiger partial charge is 0.417 e. The lowest BCUT2D eigenvalue weighted by Gasteiger charge is -2.10. The van der Waals surface area contributed by atoms with Gasteiger partial charge in [0.15, 0.2) is 0 Å². The average Bonchev–Trinajstić information content (AvgIpc) is 2.87. The van der Waals surface area contributed by atoms with Crippen LogP contribution in [0.5, 0.6) is 5.75 Å². The summed E-state index contributed by atoms with van der Waals surface area (Å²) in [4.78, 5) is 34.4. The molecule has 0 aromatic heterocycles. The SMILES string of the molecule is O=C1NC(=O)C(c2ccc(NC(=O)Oc3ccccc3)cc2)N1.